The predicted octanol–water partition coefficient (Wildman–Crippen LogP) is 7.18. The van der Waals surface area contributed by atoms with Crippen molar-refractivity contribution in [2.75, 3.05) is 0 Å². The molecule has 0 radical (unpaired) electrons. The maximum absolute atomic E-state index is 15.1. The zero-order valence-electron chi connectivity index (χ0n) is 17.5. The number of hydrogen-bond acceptors (Lipinski definition) is 1. The van der Waals surface area contributed by atoms with Crippen LogP contribution < -0.4 is 0 Å². The molecule has 0 spiro atoms. The molecule has 0 amide bonds. The van der Waals surface area contributed by atoms with E-state index in [-0.39, 0.29) is 5.52 Å². The van der Waals surface area contributed by atoms with E-state index in [0.29, 0.717) is 16.4 Å². The third-order valence-electron chi connectivity index (χ3n) is 6.61. The van der Waals surface area contributed by atoms with Crippen LogP contribution in [0.3, 0.4) is 0 Å². The number of hydrogen-bond donors (Lipinski definition) is 0. The van der Waals surface area contributed by atoms with Crippen molar-refractivity contribution in [2.45, 2.75) is 19.3 Å². The molecule has 7 heteroatoms. The lowest BCUT2D eigenvalue weighted by Crippen LogP contribution is -2.17. The van der Waals surface area contributed by atoms with Gasteiger partial charge in [0, 0.05) is 17.0 Å². The van der Waals surface area contributed by atoms with Crippen molar-refractivity contribution in [1.29, 1.82) is 0 Å². The Bertz CT molecular complexity index is 1620. The van der Waals surface area contributed by atoms with Crippen LogP contribution in [0.4, 0.5) is 22.0 Å². The molecule has 3 aromatic carbocycles. The third-order valence-corrected chi connectivity index (χ3v) is 6.61. The van der Waals surface area contributed by atoms with Crippen LogP contribution in [0, 0.1) is 29.1 Å². The molecule has 2 heterocycles. The molecule has 33 heavy (non-hydrogen) atoms. The summed E-state index contributed by atoms with van der Waals surface area (Å²) in [5.41, 5.74) is 2.96. The van der Waals surface area contributed by atoms with Gasteiger partial charge in [-0.25, -0.2) is 22.0 Å². The second kappa shape index (κ2) is 6.41. The Morgan fingerprint density at radius 2 is 1.39 bits per heavy atom. The van der Waals surface area contributed by atoms with Gasteiger partial charge < -0.3 is 4.57 Å². The first-order valence-corrected chi connectivity index (χ1v) is 10.3. The van der Waals surface area contributed by atoms with Crippen molar-refractivity contribution in [3.8, 4) is 16.8 Å². The van der Waals surface area contributed by atoms with E-state index in [1.54, 1.807) is 18.2 Å². The molecule has 0 bridgehead atoms. The molecule has 2 nitrogen and oxygen atoms in total. The number of aromatic nitrogens is 2. The predicted molar refractivity (Wildman–Crippen MR) is 116 cm³/mol. The Morgan fingerprint density at radius 1 is 0.727 bits per heavy atom. The number of halogens is 5. The number of rotatable bonds is 1. The largest absolute Gasteiger partial charge is 0.302 e. The van der Waals surface area contributed by atoms with Crippen molar-refractivity contribution < 1.29 is 22.0 Å². The second-order valence-electron chi connectivity index (χ2n) is 8.68. The summed E-state index contributed by atoms with van der Waals surface area (Å²) in [6, 6.07) is 14.6. The first-order chi connectivity index (χ1) is 15.7. The van der Waals surface area contributed by atoms with Gasteiger partial charge in [0.15, 0.2) is 23.3 Å². The van der Waals surface area contributed by atoms with Gasteiger partial charge in [0.05, 0.1) is 16.6 Å². The first kappa shape index (κ1) is 19.9. The van der Waals surface area contributed by atoms with Gasteiger partial charge in [-0.2, -0.15) is 0 Å². The highest BCUT2D eigenvalue weighted by Gasteiger charge is 2.39. The summed E-state index contributed by atoms with van der Waals surface area (Å²) in [5, 5.41) is 0.564. The van der Waals surface area contributed by atoms with Crippen LogP contribution in [0.15, 0.2) is 54.7 Å². The molecule has 0 unspecified atom stereocenters. The number of pyridine rings is 1. The van der Waals surface area contributed by atoms with Crippen LogP contribution in [-0.2, 0) is 5.41 Å². The van der Waals surface area contributed by atoms with E-state index in [1.807, 2.05) is 44.2 Å². The van der Waals surface area contributed by atoms with Crippen molar-refractivity contribution in [3.63, 3.8) is 0 Å². The fraction of sp³-hybridized carbons (Fsp3) is 0.115. The normalized spacial score (nSPS) is 14.2. The first-order valence-electron chi connectivity index (χ1n) is 10.3. The quantitative estimate of drug-likeness (QED) is 0.150. The molecular formula is C26H15F5N2. The summed E-state index contributed by atoms with van der Waals surface area (Å²) >= 11 is 0. The zero-order valence-corrected chi connectivity index (χ0v) is 17.5. The van der Waals surface area contributed by atoms with Crippen molar-refractivity contribution in [2.24, 2.45) is 0 Å². The van der Waals surface area contributed by atoms with Crippen molar-refractivity contribution in [3.05, 3.63) is 94.9 Å². The maximum Gasteiger partial charge on any atom is 0.200 e. The molecule has 5 aromatic rings. The van der Waals surface area contributed by atoms with Gasteiger partial charge in [0.25, 0.3) is 0 Å². The van der Waals surface area contributed by atoms with Gasteiger partial charge in [0.1, 0.15) is 5.69 Å². The fourth-order valence-electron chi connectivity index (χ4n) is 5.20. The van der Waals surface area contributed by atoms with Crippen molar-refractivity contribution >= 4 is 21.9 Å². The highest BCUT2D eigenvalue weighted by atomic mass is 19.2. The molecule has 0 atom stereocenters. The van der Waals surface area contributed by atoms with E-state index in [1.165, 1.54) is 6.20 Å². The Labute approximate surface area is 184 Å². The molecule has 0 fully saturated rings. The lowest BCUT2D eigenvalue weighted by atomic mass is 9.81. The third kappa shape index (κ3) is 2.34. The molecular weight excluding hydrogens is 435 g/mol. The van der Waals surface area contributed by atoms with E-state index >= 15 is 8.78 Å². The minimum atomic E-state index is -2.19. The summed E-state index contributed by atoms with van der Waals surface area (Å²) < 4.78 is 73.6. The highest BCUT2D eigenvalue weighted by Crippen LogP contribution is 2.52. The topological polar surface area (TPSA) is 17.8 Å². The van der Waals surface area contributed by atoms with Crippen LogP contribution in [0.1, 0.15) is 25.0 Å². The molecule has 164 valence electrons. The lowest BCUT2D eigenvalue weighted by molar-refractivity contribution is 0.376. The average Bonchev–Trinajstić information content (AvgIpc) is 3.27. The maximum atomic E-state index is 15.1. The van der Waals surface area contributed by atoms with Gasteiger partial charge in [0.2, 0.25) is 5.82 Å². The summed E-state index contributed by atoms with van der Waals surface area (Å²) in [4.78, 5) is 4.37. The fourth-order valence-corrected chi connectivity index (χ4v) is 5.20. The number of nitrogens with zero attached hydrogens (tertiary/aromatic N) is 2. The summed E-state index contributed by atoms with van der Waals surface area (Å²) in [7, 11) is 0. The number of fused-ring (bicyclic) bond motifs is 7. The van der Waals surface area contributed by atoms with Gasteiger partial charge >= 0.3 is 0 Å². The van der Waals surface area contributed by atoms with Crippen LogP contribution in [-0.4, -0.2) is 9.55 Å². The van der Waals surface area contributed by atoms with Crippen LogP contribution >= 0.6 is 0 Å². The van der Waals surface area contributed by atoms with Gasteiger partial charge in [-0.1, -0.05) is 44.2 Å². The van der Waals surface area contributed by atoms with E-state index in [0.717, 1.165) is 26.8 Å². The molecule has 0 saturated carbocycles. The van der Waals surface area contributed by atoms with Crippen LogP contribution in [0.5, 0.6) is 0 Å². The molecule has 1 aliphatic carbocycles. The lowest BCUT2D eigenvalue weighted by Gasteiger charge is -2.24. The monoisotopic (exact) mass is 450 g/mol. The molecule has 0 saturated heterocycles. The SMILES string of the molecule is CC1(C)c2ccccc2-c2ccc3c4ncccc4n(-c4c(F)c(F)c(F)c(F)c4F)c3c21. The molecule has 0 aliphatic heterocycles. The molecule has 1 aliphatic rings. The second-order valence-corrected chi connectivity index (χ2v) is 8.68. The molecule has 0 N–H and O–H groups in total. The van der Waals surface area contributed by atoms with E-state index in [9.17, 15) is 13.2 Å². The van der Waals surface area contributed by atoms with E-state index < -0.39 is 40.2 Å². The van der Waals surface area contributed by atoms with Crippen LogP contribution in [0.2, 0.25) is 0 Å². The molecule has 2 aromatic heterocycles. The Morgan fingerprint density at radius 3 is 2.12 bits per heavy atom. The highest BCUT2D eigenvalue weighted by molar-refractivity contribution is 6.11. The minimum absolute atomic E-state index is 0.246. The smallest absolute Gasteiger partial charge is 0.200 e. The van der Waals surface area contributed by atoms with Crippen LogP contribution in [0.25, 0.3) is 38.8 Å². The Hall–Kier alpha value is -3.74. The van der Waals surface area contributed by atoms with Gasteiger partial charge in [-0.3, -0.25) is 4.98 Å². The van der Waals surface area contributed by atoms with E-state index in [2.05, 4.69) is 4.98 Å². The number of benzene rings is 3. The summed E-state index contributed by atoms with van der Waals surface area (Å²) in [5.74, 6) is -9.94. The van der Waals surface area contributed by atoms with Gasteiger partial charge in [-0.15, -0.1) is 0 Å². The summed E-state index contributed by atoms with van der Waals surface area (Å²) in [6.45, 7) is 3.95. The minimum Gasteiger partial charge on any atom is -0.302 e. The zero-order chi connectivity index (χ0) is 23.2. The molecule has 6 rings (SSSR count). The Balaban J connectivity index is 1.89. The Kier molecular flexibility index (Phi) is 3.86. The summed E-state index contributed by atoms with van der Waals surface area (Å²) in [6.07, 6.45) is 1.53. The van der Waals surface area contributed by atoms with E-state index in [4.69, 9.17) is 0 Å². The average molecular weight is 450 g/mol. The standard InChI is InChI=1S/C26H15F5N2/c1-26(2)15-7-4-3-6-12(15)13-9-10-14-23-16(8-5-11-32-23)33(24(14)17(13)26)25-21(30)19(28)18(27)20(29)22(25)31/h3-11H,1-2H3. The van der Waals surface area contributed by atoms with Crippen molar-refractivity contribution in [1.82, 2.24) is 9.55 Å². The van der Waals surface area contributed by atoms with Gasteiger partial charge in [-0.05, 0) is 40.5 Å².